The van der Waals surface area contributed by atoms with Gasteiger partial charge in [-0.1, -0.05) is 36.4 Å². The van der Waals surface area contributed by atoms with Gasteiger partial charge in [-0.3, -0.25) is 9.67 Å². The Hall–Kier alpha value is -2.63. The molecule has 0 spiro atoms. The minimum Gasteiger partial charge on any atom is -0.354 e. The lowest BCUT2D eigenvalue weighted by atomic mass is 10.00. The quantitative estimate of drug-likeness (QED) is 0.689. The first-order valence-corrected chi connectivity index (χ1v) is 7.89. The normalized spacial score (nSPS) is 15.4. The fourth-order valence-electron chi connectivity index (χ4n) is 2.74. The molecule has 0 amide bonds. The van der Waals surface area contributed by atoms with Crippen molar-refractivity contribution in [3.05, 3.63) is 54.6 Å². The van der Waals surface area contributed by atoms with Crippen molar-refractivity contribution in [2.24, 2.45) is 4.99 Å². The van der Waals surface area contributed by atoms with Crippen LogP contribution in [-0.4, -0.2) is 52.3 Å². The topological polar surface area (TPSA) is 58.3 Å². The zero-order chi connectivity index (χ0) is 15.9. The smallest absolute Gasteiger partial charge is 0.194 e. The van der Waals surface area contributed by atoms with Crippen LogP contribution in [0.25, 0.3) is 5.57 Å². The van der Waals surface area contributed by atoms with Crippen LogP contribution in [-0.2, 0) is 6.54 Å². The van der Waals surface area contributed by atoms with Crippen LogP contribution in [0.3, 0.4) is 0 Å². The van der Waals surface area contributed by atoms with Crippen molar-refractivity contribution >= 4 is 11.5 Å². The lowest BCUT2D eigenvalue weighted by Crippen LogP contribution is -2.44. The summed E-state index contributed by atoms with van der Waals surface area (Å²) in [5.41, 5.74) is 2.74. The summed E-state index contributed by atoms with van der Waals surface area (Å²) in [5, 5.41) is 7.49. The van der Waals surface area contributed by atoms with Gasteiger partial charge in [0.2, 0.25) is 0 Å². The first kappa shape index (κ1) is 15.3. The van der Waals surface area contributed by atoms with Gasteiger partial charge in [0, 0.05) is 26.7 Å². The third kappa shape index (κ3) is 3.97. The number of nitrogens with one attached hydrogen (secondary N) is 1. The molecule has 2 aromatic rings. The first-order chi connectivity index (χ1) is 11.4. The summed E-state index contributed by atoms with van der Waals surface area (Å²) >= 11 is 0. The molecule has 0 saturated carbocycles. The van der Waals surface area contributed by atoms with Gasteiger partial charge >= 0.3 is 0 Å². The molecule has 0 radical (unpaired) electrons. The van der Waals surface area contributed by atoms with Gasteiger partial charge in [0.25, 0.3) is 0 Å². The molecule has 6 nitrogen and oxygen atoms in total. The van der Waals surface area contributed by atoms with E-state index in [1.807, 2.05) is 11.7 Å². The van der Waals surface area contributed by atoms with Crippen molar-refractivity contribution in [3.8, 4) is 0 Å². The molecule has 6 heteroatoms. The van der Waals surface area contributed by atoms with Crippen LogP contribution in [0.2, 0.25) is 0 Å². The van der Waals surface area contributed by atoms with Crippen LogP contribution in [0.4, 0.5) is 0 Å². The van der Waals surface area contributed by atoms with Crippen LogP contribution in [0, 0.1) is 0 Å². The minimum absolute atomic E-state index is 0.776. The standard InChI is InChI=1S/C17H22N6/c1-18-17(20-9-12-23-14-19-13-21-23)22-10-7-16(8-11-22)15-5-3-2-4-6-15/h2-7,13-14H,8-12H2,1H3,(H,18,20). The highest BCUT2D eigenvalue weighted by Crippen LogP contribution is 2.21. The predicted molar refractivity (Wildman–Crippen MR) is 92.0 cm³/mol. The molecule has 1 aliphatic heterocycles. The highest BCUT2D eigenvalue weighted by Gasteiger charge is 2.15. The molecule has 1 aromatic heterocycles. The number of aromatic nitrogens is 3. The van der Waals surface area contributed by atoms with E-state index in [0.717, 1.165) is 38.6 Å². The second-order valence-electron chi connectivity index (χ2n) is 5.42. The molecule has 3 rings (SSSR count). The van der Waals surface area contributed by atoms with Gasteiger partial charge in [0.05, 0.1) is 6.54 Å². The largest absolute Gasteiger partial charge is 0.354 e. The third-order valence-corrected chi connectivity index (χ3v) is 3.96. The van der Waals surface area contributed by atoms with E-state index in [1.165, 1.54) is 11.1 Å². The fourth-order valence-corrected chi connectivity index (χ4v) is 2.74. The van der Waals surface area contributed by atoms with Crippen LogP contribution in [0.1, 0.15) is 12.0 Å². The zero-order valence-corrected chi connectivity index (χ0v) is 13.4. The maximum Gasteiger partial charge on any atom is 0.194 e. The summed E-state index contributed by atoms with van der Waals surface area (Å²) in [4.78, 5) is 10.6. The number of rotatable bonds is 4. The summed E-state index contributed by atoms with van der Waals surface area (Å²) in [6.07, 6.45) is 6.60. The molecule has 0 atom stereocenters. The molecule has 2 heterocycles. The van der Waals surface area contributed by atoms with Gasteiger partial charge in [-0.05, 0) is 17.6 Å². The molecular weight excluding hydrogens is 288 g/mol. The second-order valence-corrected chi connectivity index (χ2v) is 5.42. The SMILES string of the molecule is CN=C(NCCn1cncn1)N1CC=C(c2ccccc2)CC1. The summed E-state index contributed by atoms with van der Waals surface area (Å²) in [6.45, 7) is 3.41. The average Bonchev–Trinajstić information content (AvgIpc) is 3.13. The van der Waals surface area contributed by atoms with E-state index in [-0.39, 0.29) is 0 Å². The van der Waals surface area contributed by atoms with Crippen molar-refractivity contribution < 1.29 is 0 Å². The number of hydrogen-bond donors (Lipinski definition) is 1. The van der Waals surface area contributed by atoms with E-state index >= 15 is 0 Å². The Morgan fingerprint density at radius 2 is 2.17 bits per heavy atom. The van der Waals surface area contributed by atoms with Gasteiger partial charge in [0.1, 0.15) is 12.7 Å². The van der Waals surface area contributed by atoms with E-state index < -0.39 is 0 Å². The van der Waals surface area contributed by atoms with E-state index in [1.54, 1.807) is 12.7 Å². The van der Waals surface area contributed by atoms with Gasteiger partial charge in [0.15, 0.2) is 5.96 Å². The van der Waals surface area contributed by atoms with Gasteiger partial charge in [-0.15, -0.1) is 0 Å². The van der Waals surface area contributed by atoms with Gasteiger partial charge in [-0.25, -0.2) is 4.98 Å². The molecule has 0 unspecified atom stereocenters. The Morgan fingerprint density at radius 1 is 1.30 bits per heavy atom. The highest BCUT2D eigenvalue weighted by molar-refractivity contribution is 5.81. The Balaban J connectivity index is 1.53. The molecule has 120 valence electrons. The number of aliphatic imine (C=N–C) groups is 1. The van der Waals surface area contributed by atoms with Crippen LogP contribution >= 0.6 is 0 Å². The number of guanidine groups is 1. The number of benzene rings is 1. The maximum absolute atomic E-state index is 4.39. The fraction of sp³-hybridized carbons (Fsp3) is 0.353. The summed E-state index contributed by atoms with van der Waals surface area (Å²) in [7, 11) is 1.83. The van der Waals surface area contributed by atoms with E-state index in [9.17, 15) is 0 Å². The van der Waals surface area contributed by atoms with Gasteiger partial charge < -0.3 is 10.2 Å². The zero-order valence-electron chi connectivity index (χ0n) is 13.4. The third-order valence-electron chi connectivity index (χ3n) is 3.96. The summed E-state index contributed by atoms with van der Waals surface area (Å²) in [6, 6.07) is 10.6. The van der Waals surface area contributed by atoms with Crippen LogP contribution in [0.5, 0.6) is 0 Å². The molecule has 0 saturated heterocycles. The first-order valence-electron chi connectivity index (χ1n) is 7.89. The molecule has 0 aliphatic carbocycles. The van der Waals surface area contributed by atoms with Crippen molar-refractivity contribution in [2.75, 3.05) is 26.7 Å². The van der Waals surface area contributed by atoms with E-state index in [0.29, 0.717) is 0 Å². The molecule has 23 heavy (non-hydrogen) atoms. The van der Waals surface area contributed by atoms with Crippen molar-refractivity contribution in [1.82, 2.24) is 25.0 Å². The van der Waals surface area contributed by atoms with Gasteiger partial charge in [-0.2, -0.15) is 5.10 Å². The summed E-state index contributed by atoms with van der Waals surface area (Å²) < 4.78 is 1.81. The molecule has 1 aromatic carbocycles. The van der Waals surface area contributed by atoms with E-state index in [4.69, 9.17) is 0 Å². The Bertz CT molecular complexity index is 660. The lowest BCUT2D eigenvalue weighted by Gasteiger charge is -2.29. The number of hydrogen-bond acceptors (Lipinski definition) is 3. The average molecular weight is 310 g/mol. The summed E-state index contributed by atoms with van der Waals surface area (Å²) in [5.74, 6) is 0.938. The highest BCUT2D eigenvalue weighted by atomic mass is 15.3. The molecule has 1 N–H and O–H groups in total. The molecule has 0 fully saturated rings. The van der Waals surface area contributed by atoms with E-state index in [2.05, 4.69) is 61.7 Å². The van der Waals surface area contributed by atoms with Crippen LogP contribution in [0.15, 0.2) is 54.1 Å². The number of nitrogens with zero attached hydrogens (tertiary/aromatic N) is 5. The second kappa shape index (κ2) is 7.58. The molecular formula is C17H22N6. The minimum atomic E-state index is 0.776. The van der Waals surface area contributed by atoms with Crippen molar-refractivity contribution in [2.45, 2.75) is 13.0 Å². The molecule has 0 bridgehead atoms. The molecule has 1 aliphatic rings. The Labute approximate surface area is 136 Å². The predicted octanol–water partition coefficient (Wildman–Crippen LogP) is 1.64. The van der Waals surface area contributed by atoms with Crippen molar-refractivity contribution in [1.29, 1.82) is 0 Å². The maximum atomic E-state index is 4.39. The monoisotopic (exact) mass is 310 g/mol. The van der Waals surface area contributed by atoms with Crippen LogP contribution < -0.4 is 5.32 Å². The Morgan fingerprint density at radius 3 is 2.83 bits per heavy atom. The Kier molecular flexibility index (Phi) is 5.03. The lowest BCUT2D eigenvalue weighted by molar-refractivity contribution is 0.436. The van der Waals surface area contributed by atoms with Crippen molar-refractivity contribution in [3.63, 3.8) is 0 Å².